The average Bonchev–Trinajstić information content (AvgIpc) is 3.47. The van der Waals surface area contributed by atoms with Gasteiger partial charge in [-0.05, 0) is 58.6 Å². The fourth-order valence-corrected chi connectivity index (χ4v) is 5.90. The van der Waals surface area contributed by atoms with Crippen LogP contribution in [0.1, 0.15) is 43.2 Å². The molecule has 4 aromatic rings. The van der Waals surface area contributed by atoms with Gasteiger partial charge in [0.15, 0.2) is 17.3 Å². The lowest BCUT2D eigenvalue weighted by Gasteiger charge is -2.33. The van der Waals surface area contributed by atoms with Crippen molar-refractivity contribution in [3.8, 4) is 17.6 Å². The summed E-state index contributed by atoms with van der Waals surface area (Å²) in [5, 5.41) is 20.9. The SMILES string of the molecule is CC(C)(C)[C@H]1CCc2c(sc(NC(=O)Cn3c(-c4nonc4N)nc4ccccc43)c2C#N)C1. The van der Waals surface area contributed by atoms with Gasteiger partial charge in [-0.25, -0.2) is 9.61 Å². The first-order valence-corrected chi connectivity index (χ1v) is 12.0. The average molecular weight is 476 g/mol. The fourth-order valence-electron chi connectivity index (χ4n) is 4.61. The Hall–Kier alpha value is -3.71. The molecule has 1 atom stereocenters. The van der Waals surface area contributed by atoms with Gasteiger partial charge in [0.05, 0.1) is 16.6 Å². The highest BCUT2D eigenvalue weighted by Gasteiger charge is 2.32. The Morgan fingerprint density at radius 1 is 1.35 bits per heavy atom. The largest absolute Gasteiger partial charge is 0.379 e. The van der Waals surface area contributed by atoms with Crippen LogP contribution in [0.5, 0.6) is 0 Å². The summed E-state index contributed by atoms with van der Waals surface area (Å²) in [4.78, 5) is 19.0. The molecule has 0 saturated heterocycles. The topological polar surface area (TPSA) is 136 Å². The number of carbonyl (C=O) groups excluding carboxylic acids is 1. The number of hydrogen-bond acceptors (Lipinski definition) is 8. The zero-order valence-electron chi connectivity index (χ0n) is 19.3. The van der Waals surface area contributed by atoms with E-state index in [1.165, 1.54) is 16.2 Å². The Morgan fingerprint density at radius 3 is 2.85 bits per heavy atom. The van der Waals surface area contributed by atoms with Crippen molar-refractivity contribution in [2.24, 2.45) is 11.3 Å². The van der Waals surface area contributed by atoms with Gasteiger partial charge in [0, 0.05) is 4.88 Å². The second-order valence-electron chi connectivity index (χ2n) is 9.68. The molecule has 0 bridgehead atoms. The standard InChI is InChI=1S/C24H25N7O2S/c1-24(2,3)13-8-9-14-15(11-25)23(34-18(14)10-13)28-19(32)12-31-17-7-5-4-6-16(17)27-22(31)20-21(26)30-33-29-20/h4-7,13H,8-10,12H2,1-3H3,(H2,26,30)(H,28,32)/t13-/m0/s1. The molecular weight excluding hydrogens is 450 g/mol. The normalized spacial score (nSPS) is 15.8. The summed E-state index contributed by atoms with van der Waals surface area (Å²) in [7, 11) is 0. The molecule has 1 aliphatic rings. The van der Waals surface area contributed by atoms with Gasteiger partial charge in [0.2, 0.25) is 5.91 Å². The van der Waals surface area contributed by atoms with Crippen molar-refractivity contribution in [3.63, 3.8) is 0 Å². The Balaban J connectivity index is 1.45. The van der Waals surface area contributed by atoms with E-state index in [9.17, 15) is 10.1 Å². The van der Waals surface area contributed by atoms with Gasteiger partial charge in [0.25, 0.3) is 0 Å². The molecule has 0 saturated carbocycles. The van der Waals surface area contributed by atoms with Crippen LogP contribution >= 0.6 is 11.3 Å². The van der Waals surface area contributed by atoms with Crippen LogP contribution in [-0.4, -0.2) is 25.8 Å². The monoisotopic (exact) mass is 475 g/mol. The summed E-state index contributed by atoms with van der Waals surface area (Å²) in [6, 6.07) is 9.79. The van der Waals surface area contributed by atoms with Crippen molar-refractivity contribution in [2.75, 3.05) is 11.1 Å². The molecule has 3 N–H and O–H groups in total. The van der Waals surface area contributed by atoms with Gasteiger partial charge in [-0.2, -0.15) is 5.26 Å². The van der Waals surface area contributed by atoms with E-state index in [-0.39, 0.29) is 29.4 Å². The number of para-hydroxylation sites is 2. The van der Waals surface area contributed by atoms with Crippen LogP contribution in [0.3, 0.4) is 0 Å². The number of imidazole rings is 1. The minimum absolute atomic E-state index is 0.0276. The zero-order chi connectivity index (χ0) is 24.0. The van der Waals surface area contributed by atoms with Crippen LogP contribution < -0.4 is 11.1 Å². The number of amides is 1. The maximum absolute atomic E-state index is 13.2. The van der Waals surface area contributed by atoms with Crippen LogP contribution in [0, 0.1) is 22.7 Å². The first-order chi connectivity index (χ1) is 16.3. The predicted octanol–water partition coefficient (Wildman–Crippen LogP) is 4.39. The Kier molecular flexibility index (Phi) is 5.37. The Morgan fingerprint density at radius 2 is 2.15 bits per heavy atom. The minimum atomic E-state index is -0.262. The summed E-state index contributed by atoms with van der Waals surface area (Å²) in [6.07, 6.45) is 2.84. The maximum atomic E-state index is 13.2. The number of rotatable bonds is 4. The number of carbonyl (C=O) groups is 1. The van der Waals surface area contributed by atoms with Crippen LogP contribution in [0.2, 0.25) is 0 Å². The molecule has 174 valence electrons. The zero-order valence-corrected chi connectivity index (χ0v) is 20.1. The third-order valence-corrected chi connectivity index (χ3v) is 7.71. The molecule has 0 spiro atoms. The number of hydrogen-bond donors (Lipinski definition) is 2. The van der Waals surface area contributed by atoms with Crippen molar-refractivity contribution < 1.29 is 9.42 Å². The van der Waals surface area contributed by atoms with E-state index in [1.807, 2.05) is 24.3 Å². The van der Waals surface area contributed by atoms with Crippen LogP contribution in [0.15, 0.2) is 28.9 Å². The predicted molar refractivity (Wildman–Crippen MR) is 130 cm³/mol. The van der Waals surface area contributed by atoms with Gasteiger partial charge in [-0.1, -0.05) is 32.9 Å². The Labute approximate surface area is 200 Å². The second kappa shape index (κ2) is 8.25. The molecule has 0 aliphatic heterocycles. The van der Waals surface area contributed by atoms with Crippen LogP contribution in [0.4, 0.5) is 10.8 Å². The number of fused-ring (bicyclic) bond motifs is 2. The van der Waals surface area contributed by atoms with Crippen LogP contribution in [0.25, 0.3) is 22.6 Å². The third-order valence-electron chi connectivity index (χ3n) is 6.54. The van der Waals surface area contributed by atoms with E-state index >= 15 is 0 Å². The first-order valence-electron chi connectivity index (χ1n) is 11.1. The van der Waals surface area contributed by atoms with Gasteiger partial charge >= 0.3 is 0 Å². The molecule has 0 unspecified atom stereocenters. The molecule has 1 amide bonds. The number of anilines is 2. The maximum Gasteiger partial charge on any atom is 0.245 e. The number of benzene rings is 1. The highest BCUT2D eigenvalue weighted by atomic mass is 32.1. The molecule has 10 heteroatoms. The van der Waals surface area contributed by atoms with Crippen molar-refractivity contribution >= 4 is 39.1 Å². The molecule has 34 heavy (non-hydrogen) atoms. The van der Waals surface area contributed by atoms with E-state index in [1.54, 1.807) is 4.57 Å². The molecular formula is C24H25N7O2S. The number of thiophene rings is 1. The van der Waals surface area contributed by atoms with Crippen LogP contribution in [-0.2, 0) is 24.2 Å². The summed E-state index contributed by atoms with van der Waals surface area (Å²) >= 11 is 1.52. The number of nitrogen functional groups attached to an aromatic ring is 1. The summed E-state index contributed by atoms with van der Waals surface area (Å²) in [6.45, 7) is 6.75. The van der Waals surface area contributed by atoms with Gasteiger partial charge in [-0.15, -0.1) is 11.3 Å². The number of aromatic nitrogens is 4. The van der Waals surface area contributed by atoms with Crippen molar-refractivity contribution in [2.45, 2.75) is 46.6 Å². The quantitative estimate of drug-likeness (QED) is 0.447. The summed E-state index contributed by atoms with van der Waals surface area (Å²) < 4.78 is 6.48. The summed E-state index contributed by atoms with van der Waals surface area (Å²) in [5.41, 5.74) is 9.50. The number of nitrogens with two attached hydrogens (primary N) is 1. The molecule has 5 rings (SSSR count). The first kappa shape index (κ1) is 22.1. The highest BCUT2D eigenvalue weighted by molar-refractivity contribution is 7.16. The minimum Gasteiger partial charge on any atom is -0.379 e. The van der Waals surface area contributed by atoms with Gasteiger partial charge in [0.1, 0.15) is 17.6 Å². The fraction of sp³-hybridized carbons (Fsp3) is 0.375. The van der Waals surface area contributed by atoms with Crippen molar-refractivity contribution in [3.05, 3.63) is 40.3 Å². The molecule has 1 aromatic carbocycles. The highest BCUT2D eigenvalue weighted by Crippen LogP contribution is 2.44. The molecule has 0 radical (unpaired) electrons. The van der Waals surface area contributed by atoms with E-state index < -0.39 is 0 Å². The number of nitriles is 1. The van der Waals surface area contributed by atoms with E-state index in [2.05, 4.69) is 47.5 Å². The van der Waals surface area contributed by atoms with Gasteiger partial charge in [-0.3, -0.25) is 4.79 Å². The molecule has 1 aliphatic carbocycles. The van der Waals surface area contributed by atoms with E-state index in [0.29, 0.717) is 27.8 Å². The van der Waals surface area contributed by atoms with E-state index in [4.69, 9.17) is 10.4 Å². The molecule has 3 heterocycles. The van der Waals surface area contributed by atoms with Crippen molar-refractivity contribution in [1.29, 1.82) is 5.26 Å². The lowest BCUT2D eigenvalue weighted by molar-refractivity contribution is -0.116. The second-order valence-corrected chi connectivity index (χ2v) is 10.8. The smallest absolute Gasteiger partial charge is 0.245 e. The molecule has 0 fully saturated rings. The van der Waals surface area contributed by atoms with Crippen molar-refractivity contribution in [1.82, 2.24) is 19.9 Å². The van der Waals surface area contributed by atoms with Gasteiger partial charge < -0.3 is 15.6 Å². The Bertz CT molecular complexity index is 1430. The van der Waals surface area contributed by atoms with E-state index in [0.717, 1.165) is 30.3 Å². The number of nitrogens with zero attached hydrogens (tertiary/aromatic N) is 5. The summed E-state index contributed by atoms with van der Waals surface area (Å²) in [5.74, 6) is 0.786. The third kappa shape index (κ3) is 3.82. The lowest BCUT2D eigenvalue weighted by Crippen LogP contribution is -2.26. The number of nitrogens with one attached hydrogen (secondary N) is 1. The molecule has 3 aromatic heterocycles. The molecule has 9 nitrogen and oxygen atoms in total. The lowest BCUT2D eigenvalue weighted by atomic mass is 9.72.